The number of hydrogen-bond acceptors (Lipinski definition) is 5. The maximum Gasteiger partial charge on any atom is 0.337 e. The maximum atomic E-state index is 12.0. The first-order valence-corrected chi connectivity index (χ1v) is 10.4. The SMILES string of the molecule is COC(=O)c1ccc2c(c1)nc(Nc1cccc(Cl)c1)n1cc(Cc3ccccc3)nc21. The van der Waals surface area contributed by atoms with Crippen LogP contribution in [0.3, 0.4) is 0 Å². The fraction of sp³-hybridized carbons (Fsp3) is 0.0800. The number of anilines is 2. The zero-order valence-electron chi connectivity index (χ0n) is 17.2. The Morgan fingerprint density at radius 1 is 1.03 bits per heavy atom. The summed E-state index contributed by atoms with van der Waals surface area (Å²) in [5.74, 6) is 0.162. The molecule has 0 unspecified atom stereocenters. The van der Waals surface area contributed by atoms with Crippen LogP contribution in [0.4, 0.5) is 11.6 Å². The summed E-state index contributed by atoms with van der Waals surface area (Å²) in [6, 6.07) is 22.9. The van der Waals surface area contributed by atoms with Crippen LogP contribution < -0.4 is 5.32 Å². The van der Waals surface area contributed by atoms with Crippen molar-refractivity contribution in [2.45, 2.75) is 6.42 Å². The van der Waals surface area contributed by atoms with E-state index in [9.17, 15) is 4.79 Å². The molecule has 0 aliphatic rings. The van der Waals surface area contributed by atoms with Crippen molar-refractivity contribution >= 4 is 45.8 Å². The number of imidazole rings is 1. The molecule has 158 valence electrons. The lowest BCUT2D eigenvalue weighted by atomic mass is 10.1. The summed E-state index contributed by atoms with van der Waals surface area (Å²) in [6.45, 7) is 0. The Kier molecular flexibility index (Phi) is 5.21. The first-order valence-electron chi connectivity index (χ1n) is 10.1. The number of ether oxygens (including phenoxy) is 1. The van der Waals surface area contributed by atoms with E-state index in [1.165, 1.54) is 12.7 Å². The highest BCUT2D eigenvalue weighted by Gasteiger charge is 2.15. The minimum atomic E-state index is -0.411. The average molecular weight is 443 g/mol. The van der Waals surface area contributed by atoms with E-state index in [0.29, 0.717) is 28.5 Å². The minimum absolute atomic E-state index is 0.411. The van der Waals surface area contributed by atoms with Crippen LogP contribution in [-0.4, -0.2) is 27.4 Å². The van der Waals surface area contributed by atoms with Gasteiger partial charge in [0.2, 0.25) is 5.95 Å². The van der Waals surface area contributed by atoms with Gasteiger partial charge in [0.1, 0.15) is 5.65 Å². The second kappa shape index (κ2) is 8.32. The van der Waals surface area contributed by atoms with Gasteiger partial charge in [-0.25, -0.2) is 14.8 Å². The molecule has 7 heteroatoms. The Balaban J connectivity index is 1.67. The van der Waals surface area contributed by atoms with Gasteiger partial charge < -0.3 is 10.1 Å². The summed E-state index contributed by atoms with van der Waals surface area (Å²) in [5, 5.41) is 4.79. The molecular weight excluding hydrogens is 424 g/mol. The average Bonchev–Trinajstić information content (AvgIpc) is 3.23. The molecule has 0 fully saturated rings. The van der Waals surface area contributed by atoms with Gasteiger partial charge in [-0.15, -0.1) is 0 Å². The molecule has 2 heterocycles. The molecular formula is C25H19ClN4O2. The third kappa shape index (κ3) is 3.88. The largest absolute Gasteiger partial charge is 0.465 e. The summed E-state index contributed by atoms with van der Waals surface area (Å²) in [4.78, 5) is 21.7. The van der Waals surface area contributed by atoms with Crippen molar-refractivity contribution in [1.29, 1.82) is 0 Å². The van der Waals surface area contributed by atoms with Crippen molar-refractivity contribution in [3.63, 3.8) is 0 Å². The van der Waals surface area contributed by atoms with Crippen LogP contribution in [0.15, 0.2) is 79.0 Å². The number of methoxy groups -OCH3 is 1. The highest BCUT2D eigenvalue weighted by atomic mass is 35.5. The van der Waals surface area contributed by atoms with Gasteiger partial charge in [-0.2, -0.15) is 0 Å². The molecule has 0 amide bonds. The van der Waals surface area contributed by atoms with Gasteiger partial charge in [-0.05, 0) is 42.0 Å². The molecule has 0 bridgehead atoms. The van der Waals surface area contributed by atoms with Gasteiger partial charge in [0, 0.05) is 28.7 Å². The quantitative estimate of drug-likeness (QED) is 0.356. The first-order chi connectivity index (χ1) is 15.6. The Morgan fingerprint density at radius 3 is 2.66 bits per heavy atom. The number of rotatable bonds is 5. The van der Waals surface area contributed by atoms with Crippen molar-refractivity contribution < 1.29 is 9.53 Å². The molecule has 5 rings (SSSR count). The third-order valence-corrected chi connectivity index (χ3v) is 5.41. The second-order valence-corrected chi connectivity index (χ2v) is 7.82. The number of carbonyl (C=O) groups excluding carboxylic acids is 1. The number of halogens is 1. The number of hydrogen-bond donors (Lipinski definition) is 1. The number of benzene rings is 3. The number of nitrogens with zero attached hydrogens (tertiary/aromatic N) is 3. The maximum absolute atomic E-state index is 12.0. The van der Waals surface area contributed by atoms with Crippen molar-refractivity contribution in [2.24, 2.45) is 0 Å². The lowest BCUT2D eigenvalue weighted by Crippen LogP contribution is -2.04. The molecule has 0 atom stereocenters. The van der Waals surface area contributed by atoms with E-state index in [0.717, 1.165) is 22.4 Å². The van der Waals surface area contributed by atoms with E-state index in [1.807, 2.05) is 59.1 Å². The van der Waals surface area contributed by atoms with Crippen LogP contribution in [-0.2, 0) is 11.2 Å². The van der Waals surface area contributed by atoms with Crippen molar-refractivity contribution in [3.05, 3.63) is 101 Å². The van der Waals surface area contributed by atoms with Crippen molar-refractivity contribution in [3.8, 4) is 0 Å². The van der Waals surface area contributed by atoms with E-state index in [1.54, 1.807) is 12.1 Å². The molecule has 1 N–H and O–H groups in total. The first kappa shape index (κ1) is 20.0. The highest BCUT2D eigenvalue weighted by molar-refractivity contribution is 6.30. The molecule has 32 heavy (non-hydrogen) atoms. The summed E-state index contributed by atoms with van der Waals surface area (Å²) >= 11 is 6.16. The summed E-state index contributed by atoms with van der Waals surface area (Å²) in [7, 11) is 1.36. The number of fused-ring (bicyclic) bond motifs is 3. The predicted octanol–water partition coefficient (Wildman–Crippen LogP) is 5.66. The summed E-state index contributed by atoms with van der Waals surface area (Å²) in [5.41, 5.74) is 4.71. The smallest absolute Gasteiger partial charge is 0.337 e. The van der Waals surface area contributed by atoms with Crippen LogP contribution in [0.5, 0.6) is 0 Å². The van der Waals surface area contributed by atoms with Gasteiger partial charge in [-0.1, -0.05) is 48.0 Å². The van der Waals surface area contributed by atoms with E-state index in [4.69, 9.17) is 26.3 Å². The standard InChI is InChI=1S/C25H19ClN4O2/c1-32-24(31)17-10-11-21-22(13-17)29-25(28-19-9-5-8-18(26)14-19)30-15-20(27-23(21)30)12-16-6-3-2-4-7-16/h2-11,13-15H,12H2,1H3,(H,28,29). The normalized spacial score (nSPS) is 11.1. The van der Waals surface area contributed by atoms with E-state index in [-0.39, 0.29) is 0 Å². The Hall–Kier alpha value is -3.90. The van der Waals surface area contributed by atoms with Gasteiger partial charge in [0.05, 0.1) is 23.9 Å². The van der Waals surface area contributed by atoms with Crippen LogP contribution in [0.25, 0.3) is 16.6 Å². The van der Waals surface area contributed by atoms with E-state index >= 15 is 0 Å². The van der Waals surface area contributed by atoms with Gasteiger partial charge in [-0.3, -0.25) is 4.40 Å². The molecule has 6 nitrogen and oxygen atoms in total. The van der Waals surface area contributed by atoms with E-state index in [2.05, 4.69) is 17.4 Å². The number of esters is 1. The number of carbonyl (C=O) groups is 1. The van der Waals surface area contributed by atoms with Gasteiger partial charge >= 0.3 is 5.97 Å². The fourth-order valence-electron chi connectivity index (χ4n) is 3.68. The molecule has 2 aromatic heterocycles. The van der Waals surface area contributed by atoms with Crippen molar-refractivity contribution in [1.82, 2.24) is 14.4 Å². The summed E-state index contributed by atoms with van der Waals surface area (Å²) in [6.07, 6.45) is 2.68. The van der Waals surface area contributed by atoms with E-state index < -0.39 is 5.97 Å². The molecule has 0 saturated heterocycles. The molecule has 0 radical (unpaired) electrons. The Labute approximate surface area is 189 Å². The Morgan fingerprint density at radius 2 is 1.88 bits per heavy atom. The molecule has 5 aromatic rings. The second-order valence-electron chi connectivity index (χ2n) is 7.38. The van der Waals surface area contributed by atoms with Gasteiger partial charge in [0.15, 0.2) is 0 Å². The topological polar surface area (TPSA) is 68.5 Å². The predicted molar refractivity (Wildman–Crippen MR) is 126 cm³/mol. The number of aromatic nitrogens is 3. The van der Waals surface area contributed by atoms with Gasteiger partial charge in [0.25, 0.3) is 0 Å². The third-order valence-electron chi connectivity index (χ3n) is 5.18. The monoisotopic (exact) mass is 442 g/mol. The molecule has 0 spiro atoms. The van der Waals surface area contributed by atoms with Crippen LogP contribution >= 0.6 is 11.6 Å². The molecule has 3 aromatic carbocycles. The van der Waals surface area contributed by atoms with Crippen LogP contribution in [0.1, 0.15) is 21.6 Å². The molecule has 0 aliphatic heterocycles. The zero-order chi connectivity index (χ0) is 22.1. The highest BCUT2D eigenvalue weighted by Crippen LogP contribution is 2.27. The van der Waals surface area contributed by atoms with Crippen LogP contribution in [0.2, 0.25) is 5.02 Å². The lowest BCUT2D eigenvalue weighted by Gasteiger charge is -2.11. The van der Waals surface area contributed by atoms with Crippen LogP contribution in [0, 0.1) is 0 Å². The minimum Gasteiger partial charge on any atom is -0.465 e. The molecule has 0 aliphatic carbocycles. The number of nitrogens with one attached hydrogen (secondary N) is 1. The zero-order valence-corrected chi connectivity index (χ0v) is 18.0. The Bertz CT molecular complexity index is 1450. The lowest BCUT2D eigenvalue weighted by molar-refractivity contribution is 0.0601. The fourth-order valence-corrected chi connectivity index (χ4v) is 3.87. The molecule has 0 saturated carbocycles. The van der Waals surface area contributed by atoms with Crippen molar-refractivity contribution in [2.75, 3.05) is 12.4 Å². The summed E-state index contributed by atoms with van der Waals surface area (Å²) < 4.78 is 6.79.